The Kier molecular flexibility index (Phi) is 4.99. The topological polar surface area (TPSA) is 29.1 Å². The van der Waals surface area contributed by atoms with Crippen molar-refractivity contribution in [2.24, 2.45) is 23.2 Å². The van der Waals surface area contributed by atoms with Gasteiger partial charge in [0.15, 0.2) is 0 Å². The molecule has 0 bridgehead atoms. The molecule has 1 rings (SSSR count). The zero-order valence-electron chi connectivity index (χ0n) is 13.0. The fourth-order valence-corrected chi connectivity index (χ4v) is 3.64. The predicted molar refractivity (Wildman–Crippen MR) is 77.6 cm³/mol. The van der Waals surface area contributed by atoms with Gasteiger partial charge >= 0.3 is 0 Å². The normalized spacial score (nSPS) is 36.9. The highest BCUT2D eigenvalue weighted by atomic mass is 16.1. The molecule has 1 heterocycles. The zero-order valence-corrected chi connectivity index (χ0v) is 13.0. The van der Waals surface area contributed by atoms with E-state index in [0.29, 0.717) is 11.8 Å². The fraction of sp³-hybridized carbons (Fsp3) is 0.938. The minimum Gasteiger partial charge on any atom is -0.312 e. The van der Waals surface area contributed by atoms with Crippen LogP contribution in [0.3, 0.4) is 0 Å². The molecule has 0 spiro atoms. The summed E-state index contributed by atoms with van der Waals surface area (Å²) < 4.78 is 0. The van der Waals surface area contributed by atoms with E-state index in [1.165, 1.54) is 12.7 Å². The van der Waals surface area contributed by atoms with Crippen LogP contribution in [0.15, 0.2) is 0 Å². The fourth-order valence-electron chi connectivity index (χ4n) is 3.64. The van der Waals surface area contributed by atoms with Gasteiger partial charge in [-0.1, -0.05) is 27.7 Å². The van der Waals surface area contributed by atoms with Gasteiger partial charge in [-0.15, -0.1) is 0 Å². The van der Waals surface area contributed by atoms with E-state index < -0.39 is 0 Å². The Hall–Kier alpha value is -0.370. The molecule has 2 nitrogen and oxygen atoms in total. The molecule has 0 aromatic rings. The molecular formula is C16H31NO. The van der Waals surface area contributed by atoms with Gasteiger partial charge in [0.2, 0.25) is 0 Å². The average molecular weight is 253 g/mol. The van der Waals surface area contributed by atoms with Gasteiger partial charge in [0.1, 0.15) is 6.29 Å². The molecule has 0 amide bonds. The van der Waals surface area contributed by atoms with Crippen LogP contribution in [-0.2, 0) is 4.79 Å². The van der Waals surface area contributed by atoms with Gasteiger partial charge in [-0.3, -0.25) is 0 Å². The number of hydrogen-bond acceptors (Lipinski definition) is 2. The second-order valence-corrected chi connectivity index (χ2v) is 7.85. The van der Waals surface area contributed by atoms with Gasteiger partial charge in [-0.05, 0) is 56.9 Å². The van der Waals surface area contributed by atoms with Crippen molar-refractivity contribution in [3.05, 3.63) is 0 Å². The molecule has 2 heteroatoms. The third-order valence-electron chi connectivity index (χ3n) is 4.46. The predicted octanol–water partition coefficient (Wildman–Crippen LogP) is 3.65. The summed E-state index contributed by atoms with van der Waals surface area (Å²) in [5, 5.41) is 3.68. The molecule has 1 aliphatic heterocycles. The summed E-state index contributed by atoms with van der Waals surface area (Å²) in [6.45, 7) is 14.7. The van der Waals surface area contributed by atoms with Gasteiger partial charge in [0, 0.05) is 11.5 Å². The maximum atomic E-state index is 11.5. The third kappa shape index (κ3) is 4.38. The molecule has 1 aliphatic rings. The molecule has 3 atom stereocenters. The molecule has 0 aromatic carbocycles. The number of carbonyl (C=O) groups is 1. The summed E-state index contributed by atoms with van der Waals surface area (Å²) in [5.41, 5.74) is 0.187. The molecule has 3 unspecified atom stereocenters. The number of hydrogen-bond donors (Lipinski definition) is 1. The summed E-state index contributed by atoms with van der Waals surface area (Å²) in [5.74, 6) is 1.50. The highest BCUT2D eigenvalue weighted by molar-refractivity contribution is 5.55. The highest BCUT2D eigenvalue weighted by Crippen LogP contribution is 2.39. The minimum absolute atomic E-state index is 0.0765. The maximum Gasteiger partial charge on any atom is 0.123 e. The van der Waals surface area contributed by atoms with Crippen LogP contribution < -0.4 is 5.32 Å². The van der Waals surface area contributed by atoms with Crippen molar-refractivity contribution in [2.45, 2.75) is 66.3 Å². The van der Waals surface area contributed by atoms with Crippen molar-refractivity contribution in [2.75, 3.05) is 6.54 Å². The molecule has 18 heavy (non-hydrogen) atoms. The summed E-state index contributed by atoms with van der Waals surface area (Å²) in [7, 11) is 0. The lowest BCUT2D eigenvalue weighted by molar-refractivity contribution is -0.115. The van der Waals surface area contributed by atoms with Gasteiger partial charge < -0.3 is 10.1 Å². The van der Waals surface area contributed by atoms with E-state index in [1.54, 1.807) is 0 Å². The largest absolute Gasteiger partial charge is 0.312 e. The monoisotopic (exact) mass is 253 g/mol. The lowest BCUT2D eigenvalue weighted by Gasteiger charge is -2.41. The second kappa shape index (κ2) is 5.73. The van der Waals surface area contributed by atoms with E-state index in [4.69, 9.17) is 0 Å². The van der Waals surface area contributed by atoms with Crippen LogP contribution in [-0.4, -0.2) is 18.4 Å². The van der Waals surface area contributed by atoms with Crippen molar-refractivity contribution in [3.8, 4) is 0 Å². The zero-order chi connectivity index (χ0) is 14.0. The molecular weight excluding hydrogens is 222 g/mol. The first kappa shape index (κ1) is 15.7. The minimum atomic E-state index is 0.0765. The van der Waals surface area contributed by atoms with Crippen LogP contribution in [0.1, 0.15) is 60.8 Å². The van der Waals surface area contributed by atoms with Crippen molar-refractivity contribution < 1.29 is 4.79 Å². The number of aldehydes is 1. The van der Waals surface area contributed by atoms with E-state index in [9.17, 15) is 4.79 Å². The summed E-state index contributed by atoms with van der Waals surface area (Å²) >= 11 is 0. The van der Waals surface area contributed by atoms with Crippen LogP contribution in [0.25, 0.3) is 0 Å². The van der Waals surface area contributed by atoms with Gasteiger partial charge in [0.25, 0.3) is 0 Å². The maximum absolute atomic E-state index is 11.5. The summed E-state index contributed by atoms with van der Waals surface area (Å²) in [6.07, 6.45) is 4.49. The van der Waals surface area contributed by atoms with Gasteiger partial charge in [-0.25, -0.2) is 0 Å². The third-order valence-corrected chi connectivity index (χ3v) is 4.46. The Morgan fingerprint density at radius 2 is 1.67 bits per heavy atom. The van der Waals surface area contributed by atoms with Crippen LogP contribution in [0.4, 0.5) is 0 Å². The van der Waals surface area contributed by atoms with E-state index in [0.717, 1.165) is 19.4 Å². The van der Waals surface area contributed by atoms with Crippen LogP contribution in [0.2, 0.25) is 0 Å². The molecule has 106 valence electrons. The quantitative estimate of drug-likeness (QED) is 0.723. The Bertz CT molecular complexity index is 283. The van der Waals surface area contributed by atoms with E-state index in [2.05, 4.69) is 46.9 Å². The smallest absolute Gasteiger partial charge is 0.123 e. The van der Waals surface area contributed by atoms with Gasteiger partial charge in [0.05, 0.1) is 0 Å². The number of nitrogens with one attached hydrogen (secondary N) is 1. The van der Waals surface area contributed by atoms with E-state index >= 15 is 0 Å². The summed E-state index contributed by atoms with van der Waals surface area (Å²) in [6, 6.07) is 0. The molecule has 0 saturated carbocycles. The number of carbonyl (C=O) groups excluding carboxylic acids is 1. The van der Waals surface area contributed by atoms with Gasteiger partial charge in [-0.2, -0.15) is 0 Å². The number of rotatable bonds is 1. The second-order valence-electron chi connectivity index (χ2n) is 7.85. The van der Waals surface area contributed by atoms with Crippen molar-refractivity contribution in [1.29, 1.82) is 0 Å². The van der Waals surface area contributed by atoms with Crippen molar-refractivity contribution in [1.82, 2.24) is 5.32 Å². The molecule has 1 N–H and O–H groups in total. The molecule has 1 fully saturated rings. The average Bonchev–Trinajstić information content (AvgIpc) is 2.20. The molecule has 0 aliphatic carbocycles. The van der Waals surface area contributed by atoms with Crippen LogP contribution in [0.5, 0.6) is 0 Å². The van der Waals surface area contributed by atoms with Crippen molar-refractivity contribution >= 4 is 6.29 Å². The van der Waals surface area contributed by atoms with Crippen LogP contribution in [0, 0.1) is 23.2 Å². The highest BCUT2D eigenvalue weighted by Gasteiger charge is 2.36. The van der Waals surface area contributed by atoms with E-state index in [1.807, 2.05) is 0 Å². The first-order valence-corrected chi connectivity index (χ1v) is 7.36. The first-order chi connectivity index (χ1) is 8.16. The Labute approximate surface area is 113 Å². The molecule has 0 radical (unpaired) electrons. The standard InChI is InChI=1S/C16H31NO/c1-12-7-13(2)9-17-16(5,6)11-15(3,4)14(8-12)10-18/h10,12-14,17H,7-9,11H2,1-6H3. The van der Waals surface area contributed by atoms with E-state index in [-0.39, 0.29) is 16.9 Å². The Morgan fingerprint density at radius 1 is 1.06 bits per heavy atom. The first-order valence-electron chi connectivity index (χ1n) is 7.36. The summed E-state index contributed by atoms with van der Waals surface area (Å²) in [4.78, 5) is 11.5. The molecule has 0 aromatic heterocycles. The SMILES string of the molecule is CC1CNC(C)(C)CC(C)(C)C(C=O)CC(C)C1. The van der Waals surface area contributed by atoms with Crippen molar-refractivity contribution in [3.63, 3.8) is 0 Å². The van der Waals surface area contributed by atoms with Crippen LogP contribution >= 0.6 is 0 Å². The lowest BCUT2D eigenvalue weighted by Crippen LogP contribution is -2.47. The Morgan fingerprint density at radius 3 is 2.22 bits per heavy atom. The molecule has 1 saturated heterocycles. The lowest BCUT2D eigenvalue weighted by atomic mass is 9.68. The Balaban J connectivity index is 2.91.